The minimum atomic E-state index is 0.574. The van der Waals surface area contributed by atoms with E-state index in [0.29, 0.717) is 6.54 Å². The first kappa shape index (κ1) is 9.60. The van der Waals surface area contributed by atoms with Gasteiger partial charge in [0.15, 0.2) is 0 Å². The molecule has 0 saturated carbocycles. The second-order valence-electron chi connectivity index (χ2n) is 3.15. The van der Waals surface area contributed by atoms with Gasteiger partial charge in [0.25, 0.3) is 0 Å². The van der Waals surface area contributed by atoms with Gasteiger partial charge in [0.05, 0.1) is 0 Å². The standard InChI is InChI=1S/C11H14N2/c1-12-9-8-10-6-4-5-7-11(10)13(2)3/h4-7H,8-9H2,2-3H3. The number of anilines is 1. The van der Waals surface area contributed by atoms with E-state index in [-0.39, 0.29) is 0 Å². The van der Waals surface area contributed by atoms with Crippen LogP contribution in [0.2, 0.25) is 0 Å². The molecule has 1 aromatic carbocycles. The van der Waals surface area contributed by atoms with Crippen LogP contribution >= 0.6 is 0 Å². The van der Waals surface area contributed by atoms with Crippen molar-refractivity contribution in [3.05, 3.63) is 41.2 Å². The third kappa shape index (κ3) is 2.48. The summed E-state index contributed by atoms with van der Waals surface area (Å²) < 4.78 is 0. The molecule has 0 amide bonds. The molecule has 0 aromatic heterocycles. The molecule has 0 radical (unpaired) electrons. The van der Waals surface area contributed by atoms with Crippen LogP contribution in [0.3, 0.4) is 0 Å². The number of rotatable bonds is 3. The van der Waals surface area contributed by atoms with Crippen molar-refractivity contribution in [2.45, 2.75) is 6.42 Å². The third-order valence-corrected chi connectivity index (χ3v) is 1.97. The molecule has 1 rings (SSSR count). The lowest BCUT2D eigenvalue weighted by Gasteiger charge is -2.15. The van der Waals surface area contributed by atoms with Crippen LogP contribution in [0, 0.1) is 6.57 Å². The quantitative estimate of drug-likeness (QED) is 0.637. The van der Waals surface area contributed by atoms with E-state index in [4.69, 9.17) is 6.57 Å². The summed E-state index contributed by atoms with van der Waals surface area (Å²) in [5.74, 6) is 0. The second kappa shape index (κ2) is 4.51. The summed E-state index contributed by atoms with van der Waals surface area (Å²) in [6.07, 6.45) is 0.845. The third-order valence-electron chi connectivity index (χ3n) is 1.97. The fraction of sp³-hybridized carbons (Fsp3) is 0.364. The smallest absolute Gasteiger partial charge is 0.218 e. The predicted octanol–water partition coefficient (Wildman–Crippen LogP) is 2.21. The SMILES string of the molecule is [C-]#[N+]CCc1ccccc1N(C)C. The average Bonchev–Trinajstić information content (AvgIpc) is 2.15. The first-order valence-corrected chi connectivity index (χ1v) is 4.34. The van der Waals surface area contributed by atoms with Crippen LogP contribution in [0.4, 0.5) is 5.69 Å². The van der Waals surface area contributed by atoms with Gasteiger partial charge in [0.2, 0.25) is 6.54 Å². The highest BCUT2D eigenvalue weighted by atomic mass is 15.1. The van der Waals surface area contributed by atoms with Crippen molar-refractivity contribution in [1.82, 2.24) is 0 Å². The maximum atomic E-state index is 6.74. The van der Waals surface area contributed by atoms with Crippen LogP contribution < -0.4 is 4.90 Å². The fourth-order valence-electron chi connectivity index (χ4n) is 1.33. The maximum absolute atomic E-state index is 6.74. The van der Waals surface area contributed by atoms with E-state index < -0.39 is 0 Å². The van der Waals surface area contributed by atoms with Crippen LogP contribution in [0.15, 0.2) is 24.3 Å². The normalized spacial score (nSPS) is 9.31. The van der Waals surface area contributed by atoms with Crippen molar-refractivity contribution >= 4 is 5.69 Å². The molecule has 2 heteroatoms. The number of hydrogen-bond donors (Lipinski definition) is 0. The Morgan fingerprint density at radius 1 is 1.31 bits per heavy atom. The molecule has 0 saturated heterocycles. The lowest BCUT2D eigenvalue weighted by molar-refractivity contribution is 1.03. The van der Waals surface area contributed by atoms with E-state index in [1.54, 1.807) is 0 Å². The van der Waals surface area contributed by atoms with Gasteiger partial charge in [-0.25, -0.2) is 6.57 Å². The summed E-state index contributed by atoms with van der Waals surface area (Å²) in [6, 6.07) is 8.21. The molecule has 0 spiro atoms. The first-order chi connectivity index (χ1) is 6.25. The van der Waals surface area contributed by atoms with Gasteiger partial charge in [-0.2, -0.15) is 0 Å². The summed E-state index contributed by atoms with van der Waals surface area (Å²) in [6.45, 7) is 7.32. The maximum Gasteiger partial charge on any atom is 0.218 e. The molecule has 68 valence electrons. The van der Waals surface area contributed by atoms with E-state index >= 15 is 0 Å². The Hall–Kier alpha value is -1.49. The van der Waals surface area contributed by atoms with Gasteiger partial charge >= 0.3 is 0 Å². The van der Waals surface area contributed by atoms with Crippen LogP contribution in [-0.4, -0.2) is 20.6 Å². The molecule has 0 N–H and O–H groups in total. The molecule has 0 aliphatic rings. The van der Waals surface area contributed by atoms with Gasteiger partial charge in [0.1, 0.15) is 0 Å². The van der Waals surface area contributed by atoms with Crippen molar-refractivity contribution in [2.75, 3.05) is 25.5 Å². The number of nitrogens with zero attached hydrogens (tertiary/aromatic N) is 2. The van der Waals surface area contributed by atoms with E-state index in [2.05, 4.69) is 21.9 Å². The molecule has 2 nitrogen and oxygen atoms in total. The molecule has 0 heterocycles. The molecule has 0 unspecified atom stereocenters. The van der Waals surface area contributed by atoms with Crippen molar-refractivity contribution in [3.8, 4) is 0 Å². The van der Waals surface area contributed by atoms with Gasteiger partial charge in [-0.15, -0.1) is 0 Å². The molecule has 0 fully saturated rings. The molecule has 13 heavy (non-hydrogen) atoms. The molecule has 1 aromatic rings. The zero-order chi connectivity index (χ0) is 9.68. The minimum Gasteiger partial charge on any atom is -0.377 e. The second-order valence-corrected chi connectivity index (χ2v) is 3.15. The van der Waals surface area contributed by atoms with Crippen molar-refractivity contribution in [2.24, 2.45) is 0 Å². The zero-order valence-electron chi connectivity index (χ0n) is 8.12. The molecular weight excluding hydrogens is 160 g/mol. The van der Waals surface area contributed by atoms with Crippen LogP contribution in [0.1, 0.15) is 5.56 Å². The molecule has 0 aliphatic carbocycles. The lowest BCUT2D eigenvalue weighted by atomic mass is 10.1. The molecule has 0 bridgehead atoms. The van der Waals surface area contributed by atoms with Crippen LogP contribution in [0.25, 0.3) is 4.85 Å². The van der Waals surface area contributed by atoms with Crippen molar-refractivity contribution in [3.63, 3.8) is 0 Å². The highest BCUT2D eigenvalue weighted by molar-refractivity contribution is 5.52. The van der Waals surface area contributed by atoms with Crippen LogP contribution in [-0.2, 0) is 6.42 Å². The number of hydrogen-bond acceptors (Lipinski definition) is 1. The van der Waals surface area contributed by atoms with Crippen molar-refractivity contribution in [1.29, 1.82) is 0 Å². The van der Waals surface area contributed by atoms with Gasteiger partial charge in [-0.1, -0.05) is 18.2 Å². The zero-order valence-corrected chi connectivity index (χ0v) is 8.12. The van der Waals surface area contributed by atoms with Gasteiger partial charge in [0, 0.05) is 26.2 Å². The highest BCUT2D eigenvalue weighted by Crippen LogP contribution is 2.18. The fourth-order valence-corrected chi connectivity index (χ4v) is 1.33. The molecular formula is C11H14N2. The Morgan fingerprint density at radius 2 is 2.00 bits per heavy atom. The van der Waals surface area contributed by atoms with E-state index in [1.165, 1.54) is 11.3 Å². The van der Waals surface area contributed by atoms with E-state index in [1.807, 2.05) is 26.2 Å². The summed E-state index contributed by atoms with van der Waals surface area (Å²) in [4.78, 5) is 5.45. The van der Waals surface area contributed by atoms with Gasteiger partial charge in [-0.3, -0.25) is 0 Å². The van der Waals surface area contributed by atoms with Gasteiger partial charge < -0.3 is 9.74 Å². The average molecular weight is 174 g/mol. The van der Waals surface area contributed by atoms with E-state index in [0.717, 1.165) is 6.42 Å². The monoisotopic (exact) mass is 174 g/mol. The Bertz CT molecular complexity index is 310. The first-order valence-electron chi connectivity index (χ1n) is 4.34. The van der Waals surface area contributed by atoms with Crippen molar-refractivity contribution < 1.29 is 0 Å². The lowest BCUT2D eigenvalue weighted by Crippen LogP contribution is -2.11. The topological polar surface area (TPSA) is 7.60 Å². The molecule has 0 atom stereocenters. The number of benzene rings is 1. The Balaban J connectivity index is 2.86. The minimum absolute atomic E-state index is 0.574. The van der Waals surface area contributed by atoms with Crippen LogP contribution in [0.5, 0.6) is 0 Å². The summed E-state index contributed by atoms with van der Waals surface area (Å²) >= 11 is 0. The van der Waals surface area contributed by atoms with E-state index in [9.17, 15) is 0 Å². The molecule has 0 aliphatic heterocycles. The Kier molecular flexibility index (Phi) is 3.33. The van der Waals surface area contributed by atoms with Gasteiger partial charge in [-0.05, 0) is 11.6 Å². The Morgan fingerprint density at radius 3 is 2.62 bits per heavy atom. The summed E-state index contributed by atoms with van der Waals surface area (Å²) in [5, 5.41) is 0. The number of para-hydroxylation sites is 1. The Labute approximate surface area is 79.6 Å². The predicted molar refractivity (Wildman–Crippen MR) is 55.9 cm³/mol. The highest BCUT2D eigenvalue weighted by Gasteiger charge is 2.03. The summed E-state index contributed by atoms with van der Waals surface area (Å²) in [5.41, 5.74) is 2.47. The summed E-state index contributed by atoms with van der Waals surface area (Å²) in [7, 11) is 4.05. The largest absolute Gasteiger partial charge is 0.377 e.